The first-order chi connectivity index (χ1) is 8.11. The van der Waals surface area contributed by atoms with Crippen LogP contribution in [0, 0.1) is 5.92 Å². The van der Waals surface area contributed by atoms with Crippen LogP contribution in [0.15, 0.2) is 0 Å². The average molecular weight is 241 g/mol. The van der Waals surface area contributed by atoms with Crippen LogP contribution in [0.1, 0.15) is 33.1 Å². The first-order valence-corrected chi connectivity index (χ1v) is 6.78. The standard InChI is InChI=1S/C13H27N3O/c1-11(2)4-7-15-13(17)10-16-8-5-12(14-3)6-9-16/h11-12,14H,4-10H2,1-3H3,(H,15,17). The van der Waals surface area contributed by atoms with Crippen LogP contribution in [-0.4, -0.2) is 50.1 Å². The van der Waals surface area contributed by atoms with E-state index in [0.717, 1.165) is 38.9 Å². The molecule has 0 atom stereocenters. The minimum Gasteiger partial charge on any atom is -0.355 e. The first-order valence-electron chi connectivity index (χ1n) is 6.78. The van der Waals surface area contributed by atoms with E-state index in [9.17, 15) is 4.79 Å². The van der Waals surface area contributed by atoms with Gasteiger partial charge >= 0.3 is 0 Å². The molecule has 0 aromatic heterocycles. The van der Waals surface area contributed by atoms with Gasteiger partial charge in [0.1, 0.15) is 0 Å². The van der Waals surface area contributed by atoms with Crippen molar-refractivity contribution in [3.05, 3.63) is 0 Å². The Balaban J connectivity index is 2.10. The molecule has 0 aromatic rings. The molecule has 0 saturated carbocycles. The molecule has 2 N–H and O–H groups in total. The molecule has 0 bridgehead atoms. The van der Waals surface area contributed by atoms with Crippen molar-refractivity contribution in [1.82, 2.24) is 15.5 Å². The molecule has 1 heterocycles. The molecule has 0 radical (unpaired) electrons. The van der Waals surface area contributed by atoms with Crippen molar-refractivity contribution in [2.75, 3.05) is 33.2 Å². The lowest BCUT2D eigenvalue weighted by atomic mass is 10.1. The summed E-state index contributed by atoms with van der Waals surface area (Å²) in [5.74, 6) is 0.829. The third-order valence-electron chi connectivity index (χ3n) is 3.41. The van der Waals surface area contributed by atoms with E-state index in [1.807, 2.05) is 7.05 Å². The summed E-state index contributed by atoms with van der Waals surface area (Å²) in [5, 5.41) is 6.29. The van der Waals surface area contributed by atoms with Crippen LogP contribution < -0.4 is 10.6 Å². The molecular formula is C13H27N3O. The van der Waals surface area contributed by atoms with Gasteiger partial charge < -0.3 is 10.6 Å². The number of piperidine rings is 1. The zero-order valence-corrected chi connectivity index (χ0v) is 11.5. The monoisotopic (exact) mass is 241 g/mol. The molecule has 4 nitrogen and oxygen atoms in total. The van der Waals surface area contributed by atoms with Crippen LogP contribution in [0.3, 0.4) is 0 Å². The van der Waals surface area contributed by atoms with Gasteiger partial charge in [-0.05, 0) is 32.2 Å². The second-order valence-corrected chi connectivity index (χ2v) is 5.37. The Labute approximate surface area is 105 Å². The van der Waals surface area contributed by atoms with Crippen molar-refractivity contribution in [2.45, 2.75) is 39.2 Å². The molecular weight excluding hydrogens is 214 g/mol. The lowest BCUT2D eigenvalue weighted by molar-refractivity contribution is -0.122. The Morgan fingerprint density at radius 3 is 2.53 bits per heavy atom. The van der Waals surface area contributed by atoms with Crippen LogP contribution >= 0.6 is 0 Å². The van der Waals surface area contributed by atoms with E-state index in [0.29, 0.717) is 18.5 Å². The highest BCUT2D eigenvalue weighted by atomic mass is 16.2. The van der Waals surface area contributed by atoms with E-state index < -0.39 is 0 Å². The van der Waals surface area contributed by atoms with Gasteiger partial charge in [0.05, 0.1) is 6.54 Å². The smallest absolute Gasteiger partial charge is 0.234 e. The summed E-state index contributed by atoms with van der Waals surface area (Å²) in [5.41, 5.74) is 0. The largest absolute Gasteiger partial charge is 0.355 e. The van der Waals surface area contributed by atoms with Crippen molar-refractivity contribution in [1.29, 1.82) is 0 Å². The Morgan fingerprint density at radius 1 is 1.35 bits per heavy atom. The zero-order chi connectivity index (χ0) is 12.7. The Bertz CT molecular complexity index is 223. The van der Waals surface area contributed by atoms with E-state index in [4.69, 9.17) is 0 Å². The van der Waals surface area contributed by atoms with Gasteiger partial charge in [0.2, 0.25) is 5.91 Å². The van der Waals surface area contributed by atoms with E-state index >= 15 is 0 Å². The van der Waals surface area contributed by atoms with Crippen molar-refractivity contribution in [3.8, 4) is 0 Å². The van der Waals surface area contributed by atoms with Crippen molar-refractivity contribution in [3.63, 3.8) is 0 Å². The number of hydrogen-bond acceptors (Lipinski definition) is 3. The fourth-order valence-electron chi connectivity index (χ4n) is 2.14. The molecule has 1 aliphatic heterocycles. The van der Waals surface area contributed by atoms with E-state index in [1.54, 1.807) is 0 Å². The van der Waals surface area contributed by atoms with E-state index in [-0.39, 0.29) is 5.91 Å². The third-order valence-corrected chi connectivity index (χ3v) is 3.41. The molecule has 1 aliphatic rings. The molecule has 0 aromatic carbocycles. The number of nitrogens with one attached hydrogen (secondary N) is 2. The number of hydrogen-bond donors (Lipinski definition) is 2. The molecule has 17 heavy (non-hydrogen) atoms. The van der Waals surface area contributed by atoms with Gasteiger partial charge in [-0.25, -0.2) is 0 Å². The summed E-state index contributed by atoms with van der Waals surface area (Å²) >= 11 is 0. The second-order valence-electron chi connectivity index (χ2n) is 5.37. The topological polar surface area (TPSA) is 44.4 Å². The quantitative estimate of drug-likeness (QED) is 0.724. The maximum absolute atomic E-state index is 11.7. The number of rotatable bonds is 6. The van der Waals surface area contributed by atoms with Crippen LogP contribution in [0.4, 0.5) is 0 Å². The highest BCUT2D eigenvalue weighted by Gasteiger charge is 2.19. The summed E-state index contributed by atoms with van der Waals surface area (Å²) in [6.45, 7) is 7.79. The van der Waals surface area contributed by atoms with Crippen molar-refractivity contribution < 1.29 is 4.79 Å². The molecule has 100 valence electrons. The van der Waals surface area contributed by atoms with Gasteiger partial charge in [-0.3, -0.25) is 9.69 Å². The predicted octanol–water partition coefficient (Wildman–Crippen LogP) is 0.833. The van der Waals surface area contributed by atoms with Crippen LogP contribution in [0.25, 0.3) is 0 Å². The molecule has 0 unspecified atom stereocenters. The number of amides is 1. The Morgan fingerprint density at radius 2 is 2.00 bits per heavy atom. The molecule has 1 rings (SSSR count). The maximum atomic E-state index is 11.7. The maximum Gasteiger partial charge on any atom is 0.234 e. The van der Waals surface area contributed by atoms with Crippen LogP contribution in [-0.2, 0) is 4.79 Å². The van der Waals surface area contributed by atoms with Gasteiger partial charge in [0.15, 0.2) is 0 Å². The normalized spacial score (nSPS) is 18.6. The van der Waals surface area contributed by atoms with Crippen LogP contribution in [0.2, 0.25) is 0 Å². The first kappa shape index (κ1) is 14.5. The molecule has 0 aliphatic carbocycles. The van der Waals surface area contributed by atoms with E-state index in [2.05, 4.69) is 29.4 Å². The van der Waals surface area contributed by atoms with Gasteiger partial charge in [0.25, 0.3) is 0 Å². The fraction of sp³-hybridized carbons (Fsp3) is 0.923. The summed E-state index contributed by atoms with van der Waals surface area (Å²) in [7, 11) is 2.01. The number of likely N-dealkylation sites (tertiary alicyclic amines) is 1. The molecule has 1 saturated heterocycles. The SMILES string of the molecule is CNC1CCN(CC(=O)NCCC(C)C)CC1. The average Bonchev–Trinajstić information content (AvgIpc) is 2.29. The predicted molar refractivity (Wildman–Crippen MR) is 71.0 cm³/mol. The molecule has 4 heteroatoms. The fourth-order valence-corrected chi connectivity index (χ4v) is 2.14. The summed E-state index contributed by atoms with van der Waals surface area (Å²) in [6, 6.07) is 0.634. The highest BCUT2D eigenvalue weighted by molar-refractivity contribution is 5.77. The number of carbonyl (C=O) groups is 1. The third kappa shape index (κ3) is 6.03. The van der Waals surface area contributed by atoms with Gasteiger partial charge in [0, 0.05) is 25.7 Å². The summed E-state index contributed by atoms with van der Waals surface area (Å²) in [4.78, 5) is 13.9. The zero-order valence-electron chi connectivity index (χ0n) is 11.5. The Hall–Kier alpha value is -0.610. The van der Waals surface area contributed by atoms with Gasteiger partial charge in [-0.15, -0.1) is 0 Å². The molecule has 0 spiro atoms. The lowest BCUT2D eigenvalue weighted by Gasteiger charge is -2.31. The summed E-state index contributed by atoms with van der Waals surface area (Å²) in [6.07, 6.45) is 3.36. The second kappa shape index (κ2) is 7.67. The lowest BCUT2D eigenvalue weighted by Crippen LogP contribution is -2.45. The summed E-state index contributed by atoms with van der Waals surface area (Å²) < 4.78 is 0. The number of nitrogens with zero attached hydrogens (tertiary/aromatic N) is 1. The van der Waals surface area contributed by atoms with Crippen LogP contribution in [0.5, 0.6) is 0 Å². The minimum absolute atomic E-state index is 0.175. The molecule has 1 fully saturated rings. The van der Waals surface area contributed by atoms with Gasteiger partial charge in [-0.2, -0.15) is 0 Å². The van der Waals surface area contributed by atoms with E-state index in [1.165, 1.54) is 0 Å². The van der Waals surface area contributed by atoms with Crippen molar-refractivity contribution in [2.24, 2.45) is 5.92 Å². The van der Waals surface area contributed by atoms with Gasteiger partial charge in [-0.1, -0.05) is 13.8 Å². The minimum atomic E-state index is 0.175. The Kier molecular flexibility index (Phi) is 6.52. The van der Waals surface area contributed by atoms with Crippen molar-refractivity contribution >= 4 is 5.91 Å². The number of carbonyl (C=O) groups excluding carboxylic acids is 1. The highest BCUT2D eigenvalue weighted by Crippen LogP contribution is 2.09. The molecule has 1 amide bonds.